The minimum atomic E-state index is -0.553. The van der Waals surface area contributed by atoms with E-state index in [9.17, 15) is 9.90 Å². The topological polar surface area (TPSA) is 71.5 Å². The van der Waals surface area contributed by atoms with E-state index in [1.807, 2.05) is 53.4 Å². The Balaban J connectivity index is 1.07. The van der Waals surface area contributed by atoms with E-state index in [0.29, 0.717) is 32.7 Å². The van der Waals surface area contributed by atoms with E-state index in [4.69, 9.17) is 14.2 Å². The van der Waals surface area contributed by atoms with Gasteiger partial charge < -0.3 is 24.2 Å². The summed E-state index contributed by atoms with van der Waals surface area (Å²) >= 11 is 0. The number of hydrogen-bond donors (Lipinski definition) is 1. The fraction of sp³-hybridized carbons (Fsp3) is 0.424. The average molecular weight is 543 g/mol. The van der Waals surface area contributed by atoms with Gasteiger partial charge in [0, 0.05) is 32.2 Å². The Hall–Kier alpha value is -3.23. The number of carbonyl (C=O) groups is 1. The van der Waals surface area contributed by atoms with Crippen LogP contribution in [0.15, 0.2) is 78.9 Å². The van der Waals surface area contributed by atoms with Gasteiger partial charge in [-0.1, -0.05) is 54.6 Å². The van der Waals surface area contributed by atoms with Crippen LogP contribution in [-0.2, 0) is 33.8 Å². The van der Waals surface area contributed by atoms with Gasteiger partial charge in [0.25, 0.3) is 0 Å². The monoisotopic (exact) mass is 542 g/mol. The maximum atomic E-state index is 13.2. The molecule has 3 aliphatic heterocycles. The smallest absolute Gasteiger partial charge is 0.225 e. The second kappa shape index (κ2) is 12.5. The van der Waals surface area contributed by atoms with Gasteiger partial charge in [0.2, 0.25) is 5.91 Å². The number of amides is 1. The Morgan fingerprint density at radius 1 is 0.900 bits per heavy atom. The third kappa shape index (κ3) is 6.56. The molecule has 3 aliphatic rings. The predicted molar refractivity (Wildman–Crippen MR) is 152 cm³/mol. The molecule has 3 aromatic carbocycles. The van der Waals surface area contributed by atoms with Gasteiger partial charge in [-0.3, -0.25) is 9.69 Å². The molecule has 210 valence electrons. The fourth-order valence-corrected chi connectivity index (χ4v) is 6.18. The molecule has 1 amide bonds. The van der Waals surface area contributed by atoms with Crippen molar-refractivity contribution in [2.24, 2.45) is 0 Å². The average Bonchev–Trinajstić information content (AvgIpc) is 2.97. The predicted octanol–water partition coefficient (Wildman–Crippen LogP) is 4.56. The number of fused-ring (bicyclic) bond motifs is 2. The zero-order valence-corrected chi connectivity index (χ0v) is 22.9. The molecule has 4 atom stereocenters. The van der Waals surface area contributed by atoms with Crippen molar-refractivity contribution in [2.75, 3.05) is 26.3 Å². The maximum absolute atomic E-state index is 13.2. The number of hydrogen-bond acceptors (Lipinski definition) is 6. The van der Waals surface area contributed by atoms with Crippen LogP contribution in [-0.4, -0.2) is 71.5 Å². The van der Waals surface area contributed by atoms with Gasteiger partial charge in [-0.2, -0.15) is 0 Å². The Labute approximate surface area is 236 Å². The SMILES string of the molecule is O=C(C[C@@H]1CC[C@H]2[C@@H](COC[C@H](O)CN2Cc2ccc(Oc3ccccc3)cc2)O1)N1CCc2ccccc2C1. The van der Waals surface area contributed by atoms with E-state index in [1.165, 1.54) is 11.1 Å². The highest BCUT2D eigenvalue weighted by molar-refractivity contribution is 5.77. The first-order valence-electron chi connectivity index (χ1n) is 14.4. The van der Waals surface area contributed by atoms with Crippen molar-refractivity contribution in [1.82, 2.24) is 9.80 Å². The van der Waals surface area contributed by atoms with E-state index >= 15 is 0 Å². The second-order valence-electron chi connectivity index (χ2n) is 11.2. The van der Waals surface area contributed by atoms with Gasteiger partial charge in [-0.25, -0.2) is 0 Å². The van der Waals surface area contributed by atoms with E-state index in [2.05, 4.69) is 35.2 Å². The van der Waals surface area contributed by atoms with Crippen molar-refractivity contribution in [3.05, 3.63) is 95.6 Å². The van der Waals surface area contributed by atoms with Gasteiger partial charge in [0.1, 0.15) is 11.5 Å². The third-order valence-electron chi connectivity index (χ3n) is 8.26. The van der Waals surface area contributed by atoms with Crippen molar-refractivity contribution in [3.63, 3.8) is 0 Å². The first kappa shape index (κ1) is 27.0. The molecule has 0 spiro atoms. The van der Waals surface area contributed by atoms with Gasteiger partial charge in [-0.05, 0) is 60.2 Å². The Bertz CT molecular complexity index is 1270. The van der Waals surface area contributed by atoms with Crippen molar-refractivity contribution in [1.29, 1.82) is 0 Å². The lowest BCUT2D eigenvalue weighted by Crippen LogP contribution is -2.55. The summed E-state index contributed by atoms with van der Waals surface area (Å²) < 4.78 is 18.3. The van der Waals surface area contributed by atoms with Crippen LogP contribution in [0.5, 0.6) is 11.5 Å². The maximum Gasteiger partial charge on any atom is 0.225 e. The summed E-state index contributed by atoms with van der Waals surface area (Å²) in [5.41, 5.74) is 3.74. The molecule has 0 aliphatic carbocycles. The highest BCUT2D eigenvalue weighted by Crippen LogP contribution is 2.30. The van der Waals surface area contributed by atoms with Crippen molar-refractivity contribution < 1.29 is 24.1 Å². The highest BCUT2D eigenvalue weighted by Gasteiger charge is 2.38. The molecular weight excluding hydrogens is 504 g/mol. The number of para-hydroxylation sites is 1. The lowest BCUT2D eigenvalue weighted by molar-refractivity contribution is -0.161. The first-order chi connectivity index (χ1) is 19.6. The van der Waals surface area contributed by atoms with Crippen molar-refractivity contribution >= 4 is 5.91 Å². The number of carbonyl (C=O) groups excluding carboxylic acids is 1. The number of ether oxygens (including phenoxy) is 3. The van der Waals surface area contributed by atoms with Gasteiger partial charge in [0.15, 0.2) is 0 Å². The summed E-state index contributed by atoms with van der Waals surface area (Å²) in [7, 11) is 0. The molecule has 2 saturated heterocycles. The van der Waals surface area contributed by atoms with Crippen LogP contribution in [0.2, 0.25) is 0 Å². The number of rotatable bonds is 6. The van der Waals surface area contributed by atoms with Crippen LogP contribution in [0.1, 0.15) is 36.0 Å². The molecule has 7 nitrogen and oxygen atoms in total. The minimum absolute atomic E-state index is 0.114. The van der Waals surface area contributed by atoms with Crippen molar-refractivity contribution in [2.45, 2.75) is 63.1 Å². The van der Waals surface area contributed by atoms with E-state index < -0.39 is 6.10 Å². The van der Waals surface area contributed by atoms with Crippen LogP contribution in [0, 0.1) is 0 Å². The molecule has 0 aromatic heterocycles. The fourth-order valence-electron chi connectivity index (χ4n) is 6.18. The largest absolute Gasteiger partial charge is 0.457 e. The molecule has 0 bridgehead atoms. The summed E-state index contributed by atoms with van der Waals surface area (Å²) in [6.45, 7) is 3.36. The minimum Gasteiger partial charge on any atom is -0.457 e. The highest BCUT2D eigenvalue weighted by atomic mass is 16.5. The van der Waals surface area contributed by atoms with Gasteiger partial charge in [0.05, 0.1) is 37.9 Å². The Morgan fingerprint density at radius 2 is 1.65 bits per heavy atom. The molecule has 40 heavy (non-hydrogen) atoms. The number of β-amino-alcohol motifs (C(OH)–C–C–N with tert-alkyl or cyclic N) is 1. The summed E-state index contributed by atoms with van der Waals surface area (Å²) in [5.74, 6) is 1.76. The number of aliphatic hydroxyl groups is 1. The van der Waals surface area contributed by atoms with Crippen LogP contribution >= 0.6 is 0 Å². The lowest BCUT2D eigenvalue weighted by atomic mass is 9.93. The Morgan fingerprint density at radius 3 is 2.48 bits per heavy atom. The third-order valence-corrected chi connectivity index (χ3v) is 8.26. The lowest BCUT2D eigenvalue weighted by Gasteiger charge is -2.44. The second-order valence-corrected chi connectivity index (χ2v) is 11.2. The van der Waals surface area contributed by atoms with Crippen molar-refractivity contribution in [3.8, 4) is 11.5 Å². The first-order valence-corrected chi connectivity index (χ1v) is 14.4. The number of benzene rings is 3. The van der Waals surface area contributed by atoms with Crippen LogP contribution in [0.3, 0.4) is 0 Å². The molecule has 0 saturated carbocycles. The molecule has 6 rings (SSSR count). The van der Waals surface area contributed by atoms with E-state index in [-0.39, 0.29) is 30.8 Å². The summed E-state index contributed by atoms with van der Waals surface area (Å²) in [5, 5.41) is 10.6. The molecule has 1 N–H and O–H groups in total. The van der Waals surface area contributed by atoms with Gasteiger partial charge in [-0.15, -0.1) is 0 Å². The summed E-state index contributed by atoms with van der Waals surface area (Å²) in [4.78, 5) is 17.5. The van der Waals surface area contributed by atoms with Gasteiger partial charge >= 0.3 is 0 Å². The number of nitrogens with zero attached hydrogens (tertiary/aromatic N) is 2. The molecule has 2 fully saturated rings. The zero-order valence-electron chi connectivity index (χ0n) is 22.9. The molecular formula is C33H38N2O5. The number of aliphatic hydroxyl groups excluding tert-OH is 1. The molecule has 0 unspecified atom stereocenters. The molecule has 3 aromatic rings. The van der Waals surface area contributed by atoms with E-state index in [1.54, 1.807) is 0 Å². The van der Waals surface area contributed by atoms with Crippen LogP contribution in [0.4, 0.5) is 0 Å². The summed E-state index contributed by atoms with van der Waals surface area (Å²) in [6.07, 6.45) is 2.21. The molecule has 0 radical (unpaired) electrons. The standard InChI is InChI=1S/C33H38N2O5/c36-27-21-35(19-24-10-12-29(13-11-24)39-28-8-2-1-3-9-28)31-15-14-30(40-32(31)23-38-22-27)18-33(37)34-17-16-25-6-4-5-7-26(25)20-34/h1-13,27,30-32,36H,14-23H2/t27-,30+,31+,32-/m1/s1. The zero-order chi connectivity index (χ0) is 27.3. The summed E-state index contributed by atoms with van der Waals surface area (Å²) in [6, 6.07) is 26.4. The Kier molecular flexibility index (Phi) is 8.44. The van der Waals surface area contributed by atoms with E-state index in [0.717, 1.165) is 42.9 Å². The molecule has 7 heteroatoms. The quantitative estimate of drug-likeness (QED) is 0.492. The van der Waals surface area contributed by atoms with Crippen LogP contribution < -0.4 is 4.74 Å². The molecule has 3 heterocycles. The van der Waals surface area contributed by atoms with Crippen LogP contribution in [0.25, 0.3) is 0 Å². The normalized spacial score (nSPS) is 25.3.